The van der Waals surface area contributed by atoms with E-state index in [4.69, 9.17) is 4.74 Å². The smallest absolute Gasteiger partial charge is 0.314 e. The number of benzene rings is 1. The summed E-state index contributed by atoms with van der Waals surface area (Å²) in [6.07, 6.45) is -0.689. The number of urea groups is 1. The van der Waals surface area contributed by atoms with Gasteiger partial charge < -0.3 is 20.5 Å². The van der Waals surface area contributed by atoms with E-state index in [1.54, 1.807) is 0 Å². The third-order valence-corrected chi connectivity index (χ3v) is 3.38. The molecular weight excluding hydrogens is 268 g/mol. The largest absolute Gasteiger partial charge is 0.389 e. The van der Waals surface area contributed by atoms with Crippen molar-refractivity contribution in [3.63, 3.8) is 0 Å². The molecule has 1 atom stereocenters. The van der Waals surface area contributed by atoms with Crippen molar-refractivity contribution >= 4 is 6.03 Å². The Morgan fingerprint density at radius 2 is 1.90 bits per heavy atom. The predicted octanol–water partition coefficient (Wildman–Crippen LogP) is 1.58. The second-order valence-electron chi connectivity index (χ2n) is 5.92. The summed E-state index contributed by atoms with van der Waals surface area (Å²) in [7, 11) is 1.51. The molecule has 1 aromatic carbocycles. The van der Waals surface area contributed by atoms with E-state index in [1.165, 1.54) is 18.2 Å². The Morgan fingerprint density at radius 1 is 1.29 bits per heavy atom. The zero-order valence-corrected chi connectivity index (χ0v) is 13.3. The predicted molar refractivity (Wildman–Crippen MR) is 83.5 cm³/mol. The molecule has 21 heavy (non-hydrogen) atoms. The molecule has 118 valence electrons. The van der Waals surface area contributed by atoms with Gasteiger partial charge in [0.15, 0.2) is 0 Å². The first kappa shape index (κ1) is 17.5. The minimum atomic E-state index is -0.689. The van der Waals surface area contributed by atoms with Gasteiger partial charge in [0.2, 0.25) is 0 Å². The number of ether oxygens (including phenoxy) is 1. The summed E-state index contributed by atoms with van der Waals surface area (Å²) in [5.41, 5.74) is 2.23. The molecule has 0 saturated carbocycles. The molecular formula is C16H26N2O3. The number of rotatable bonds is 7. The number of aliphatic hydroxyl groups is 1. The third kappa shape index (κ3) is 6.14. The highest BCUT2D eigenvalue weighted by atomic mass is 16.5. The van der Waals surface area contributed by atoms with Crippen LogP contribution < -0.4 is 10.6 Å². The van der Waals surface area contributed by atoms with Crippen molar-refractivity contribution in [2.75, 3.05) is 26.8 Å². The lowest BCUT2D eigenvalue weighted by atomic mass is 9.84. The molecule has 0 aliphatic heterocycles. The van der Waals surface area contributed by atoms with E-state index >= 15 is 0 Å². The number of hydrogen-bond acceptors (Lipinski definition) is 3. The van der Waals surface area contributed by atoms with Crippen molar-refractivity contribution in [3.05, 3.63) is 35.4 Å². The number of aryl methyl sites for hydroxylation is 1. The van der Waals surface area contributed by atoms with Gasteiger partial charge >= 0.3 is 6.03 Å². The van der Waals surface area contributed by atoms with Gasteiger partial charge in [0.05, 0.1) is 12.7 Å². The molecule has 3 N–H and O–H groups in total. The van der Waals surface area contributed by atoms with E-state index in [2.05, 4.69) is 48.7 Å². The topological polar surface area (TPSA) is 70.6 Å². The van der Waals surface area contributed by atoms with Crippen molar-refractivity contribution < 1.29 is 14.6 Å². The van der Waals surface area contributed by atoms with E-state index in [0.29, 0.717) is 6.54 Å². The minimum absolute atomic E-state index is 0.157. The maximum absolute atomic E-state index is 11.7. The number of carbonyl (C=O) groups excluding carboxylic acids is 1. The van der Waals surface area contributed by atoms with Crippen LogP contribution in [0.1, 0.15) is 25.0 Å². The number of nitrogens with one attached hydrogen (secondary N) is 2. The summed E-state index contributed by atoms with van der Waals surface area (Å²) in [5.74, 6) is 0. The molecule has 1 rings (SSSR count). The normalized spacial score (nSPS) is 12.8. The van der Waals surface area contributed by atoms with Gasteiger partial charge in [-0.2, -0.15) is 0 Å². The van der Waals surface area contributed by atoms with Crippen molar-refractivity contribution in [3.8, 4) is 0 Å². The highest BCUT2D eigenvalue weighted by Gasteiger charge is 2.21. The summed E-state index contributed by atoms with van der Waals surface area (Å²) >= 11 is 0. The molecule has 1 unspecified atom stereocenters. The zero-order chi connectivity index (χ0) is 15.9. The Kier molecular flexibility index (Phi) is 6.65. The Bertz CT molecular complexity index is 443. The molecule has 0 saturated heterocycles. The maximum Gasteiger partial charge on any atom is 0.314 e. The SMILES string of the molecule is COCC(O)CNC(=O)NCC(C)(C)c1ccc(C)cc1. The number of methoxy groups -OCH3 is 1. The summed E-state index contributed by atoms with van der Waals surface area (Å²) in [5, 5.41) is 14.9. The van der Waals surface area contributed by atoms with Gasteiger partial charge in [-0.1, -0.05) is 43.7 Å². The molecule has 0 bridgehead atoms. The van der Waals surface area contributed by atoms with E-state index in [-0.39, 0.29) is 24.6 Å². The summed E-state index contributed by atoms with van der Waals surface area (Å²) in [6.45, 7) is 7.10. The number of aliphatic hydroxyl groups excluding tert-OH is 1. The molecule has 5 heteroatoms. The zero-order valence-electron chi connectivity index (χ0n) is 13.3. The van der Waals surface area contributed by atoms with Crippen LogP contribution in [0.5, 0.6) is 0 Å². The molecule has 0 heterocycles. The average molecular weight is 294 g/mol. The van der Waals surface area contributed by atoms with Gasteiger partial charge in [-0.15, -0.1) is 0 Å². The van der Waals surface area contributed by atoms with Crippen LogP contribution in [0.3, 0.4) is 0 Å². The van der Waals surface area contributed by atoms with Crippen molar-refractivity contribution in [2.45, 2.75) is 32.3 Å². The van der Waals surface area contributed by atoms with Crippen LogP contribution >= 0.6 is 0 Å². The Balaban J connectivity index is 2.42. The minimum Gasteiger partial charge on any atom is -0.389 e. The van der Waals surface area contributed by atoms with Crippen LogP contribution in [0, 0.1) is 6.92 Å². The molecule has 5 nitrogen and oxygen atoms in total. The first-order valence-corrected chi connectivity index (χ1v) is 7.11. The number of carbonyl (C=O) groups is 1. The lowest BCUT2D eigenvalue weighted by Gasteiger charge is -2.26. The van der Waals surface area contributed by atoms with Crippen LogP contribution in [-0.2, 0) is 10.2 Å². The van der Waals surface area contributed by atoms with Crippen LogP contribution in [0.25, 0.3) is 0 Å². The maximum atomic E-state index is 11.7. The quantitative estimate of drug-likeness (QED) is 0.715. The Morgan fingerprint density at radius 3 is 2.48 bits per heavy atom. The first-order valence-electron chi connectivity index (χ1n) is 7.11. The second-order valence-corrected chi connectivity index (χ2v) is 5.92. The first-order chi connectivity index (χ1) is 9.85. The van der Waals surface area contributed by atoms with Gasteiger partial charge in [0.25, 0.3) is 0 Å². The molecule has 0 aromatic heterocycles. The fraction of sp³-hybridized carbons (Fsp3) is 0.562. The molecule has 0 fully saturated rings. The highest BCUT2D eigenvalue weighted by molar-refractivity contribution is 5.74. The lowest BCUT2D eigenvalue weighted by molar-refractivity contribution is 0.0659. The molecule has 0 radical (unpaired) electrons. The fourth-order valence-corrected chi connectivity index (χ4v) is 1.93. The highest BCUT2D eigenvalue weighted by Crippen LogP contribution is 2.22. The molecule has 2 amide bonds. The third-order valence-electron chi connectivity index (χ3n) is 3.38. The van der Waals surface area contributed by atoms with Gasteiger partial charge in [0.1, 0.15) is 0 Å². The van der Waals surface area contributed by atoms with Gasteiger partial charge in [-0.3, -0.25) is 0 Å². The van der Waals surface area contributed by atoms with Crippen LogP contribution in [0.2, 0.25) is 0 Å². The van der Waals surface area contributed by atoms with Crippen molar-refractivity contribution in [1.82, 2.24) is 10.6 Å². The van der Waals surface area contributed by atoms with Gasteiger partial charge in [0, 0.05) is 25.6 Å². The van der Waals surface area contributed by atoms with Crippen molar-refractivity contribution in [1.29, 1.82) is 0 Å². The summed E-state index contributed by atoms with van der Waals surface area (Å²) in [6, 6.07) is 8.01. The summed E-state index contributed by atoms with van der Waals surface area (Å²) in [4.78, 5) is 11.7. The lowest BCUT2D eigenvalue weighted by Crippen LogP contribution is -2.45. The summed E-state index contributed by atoms with van der Waals surface area (Å²) < 4.78 is 4.80. The average Bonchev–Trinajstić information content (AvgIpc) is 2.44. The number of hydrogen-bond donors (Lipinski definition) is 3. The molecule has 0 aliphatic carbocycles. The van der Waals surface area contributed by atoms with E-state index in [1.807, 2.05) is 6.92 Å². The second kappa shape index (κ2) is 8.00. The van der Waals surface area contributed by atoms with Crippen LogP contribution in [0.15, 0.2) is 24.3 Å². The number of amides is 2. The monoisotopic (exact) mass is 294 g/mol. The van der Waals surface area contributed by atoms with E-state index in [9.17, 15) is 9.90 Å². The molecule has 0 spiro atoms. The standard InChI is InChI=1S/C16H26N2O3/c1-12-5-7-13(8-6-12)16(2,3)11-18-15(20)17-9-14(19)10-21-4/h5-8,14,19H,9-11H2,1-4H3,(H2,17,18,20). The molecule has 0 aliphatic rings. The van der Waals surface area contributed by atoms with Gasteiger partial charge in [-0.05, 0) is 12.5 Å². The van der Waals surface area contributed by atoms with Crippen LogP contribution in [0.4, 0.5) is 4.79 Å². The Hall–Kier alpha value is -1.59. The van der Waals surface area contributed by atoms with E-state index < -0.39 is 6.10 Å². The molecule has 1 aromatic rings. The van der Waals surface area contributed by atoms with Crippen molar-refractivity contribution in [2.24, 2.45) is 0 Å². The fourth-order valence-electron chi connectivity index (χ4n) is 1.93. The van der Waals surface area contributed by atoms with Gasteiger partial charge in [-0.25, -0.2) is 4.79 Å². The van der Waals surface area contributed by atoms with Crippen LogP contribution in [-0.4, -0.2) is 44.0 Å². The Labute approximate surface area is 126 Å². The van der Waals surface area contributed by atoms with E-state index in [0.717, 1.165) is 0 Å².